The minimum atomic E-state index is -0.385. The number of nitrogens with zero attached hydrogens (tertiary/aromatic N) is 2. The Labute approximate surface area is 166 Å². The van der Waals surface area contributed by atoms with Crippen LogP contribution in [0.3, 0.4) is 0 Å². The Morgan fingerprint density at radius 2 is 1.93 bits per heavy atom. The Balaban J connectivity index is 1.49. The standard InChI is InChI=1S/C20H30N4O4/c1-14(20(26)16-4-5-17-18(12-16)28-13-27-17)23(3)15(2)22-19(25)6-9-24-10-7-21-8-11-24/h4-5,12,14-15,21H,6-11,13H2,1-3H3,(H,22,25). The molecular weight excluding hydrogens is 360 g/mol. The quantitative estimate of drug-likeness (QED) is 0.499. The monoisotopic (exact) mass is 390 g/mol. The van der Waals surface area contributed by atoms with Crippen LogP contribution in [0, 0.1) is 0 Å². The van der Waals surface area contributed by atoms with E-state index in [0.717, 1.165) is 32.7 Å². The number of likely N-dealkylation sites (N-methyl/N-ethyl adjacent to an activating group) is 1. The second-order valence-corrected chi connectivity index (χ2v) is 7.36. The summed E-state index contributed by atoms with van der Waals surface area (Å²) in [4.78, 5) is 29.3. The second kappa shape index (κ2) is 9.36. The van der Waals surface area contributed by atoms with Gasteiger partial charge in [0.1, 0.15) is 0 Å². The summed E-state index contributed by atoms with van der Waals surface area (Å²) in [7, 11) is 1.84. The van der Waals surface area contributed by atoms with Gasteiger partial charge in [0.25, 0.3) is 0 Å². The van der Waals surface area contributed by atoms with Gasteiger partial charge in [-0.1, -0.05) is 0 Å². The van der Waals surface area contributed by atoms with Gasteiger partial charge in [-0.15, -0.1) is 0 Å². The zero-order valence-corrected chi connectivity index (χ0v) is 16.9. The first-order valence-corrected chi connectivity index (χ1v) is 9.84. The van der Waals surface area contributed by atoms with Crippen LogP contribution in [0.15, 0.2) is 18.2 Å². The van der Waals surface area contributed by atoms with Crippen LogP contribution < -0.4 is 20.1 Å². The zero-order valence-electron chi connectivity index (χ0n) is 16.9. The van der Waals surface area contributed by atoms with Crippen molar-refractivity contribution in [2.45, 2.75) is 32.5 Å². The number of hydrogen-bond donors (Lipinski definition) is 2. The van der Waals surface area contributed by atoms with Crippen LogP contribution in [0.2, 0.25) is 0 Å². The predicted octanol–water partition coefficient (Wildman–Crippen LogP) is 0.676. The van der Waals surface area contributed by atoms with E-state index in [9.17, 15) is 9.59 Å². The summed E-state index contributed by atoms with van der Waals surface area (Å²) in [5, 5.41) is 6.30. The van der Waals surface area contributed by atoms with E-state index in [2.05, 4.69) is 15.5 Å². The smallest absolute Gasteiger partial charge is 0.231 e. The highest BCUT2D eigenvalue weighted by atomic mass is 16.7. The number of piperazine rings is 1. The number of carbonyl (C=O) groups excluding carboxylic acids is 2. The fraction of sp³-hybridized carbons (Fsp3) is 0.600. The van der Waals surface area contributed by atoms with Crippen molar-refractivity contribution in [2.24, 2.45) is 0 Å². The lowest BCUT2D eigenvalue weighted by Crippen LogP contribution is -2.51. The first kappa shape index (κ1) is 20.6. The molecule has 8 heteroatoms. The van der Waals surface area contributed by atoms with Gasteiger partial charge in [-0.3, -0.25) is 14.5 Å². The van der Waals surface area contributed by atoms with E-state index < -0.39 is 0 Å². The SMILES string of the molecule is CC(NC(=O)CCN1CCNCC1)N(C)C(C)C(=O)c1ccc2c(c1)OCO2. The van der Waals surface area contributed by atoms with Crippen molar-refractivity contribution in [3.05, 3.63) is 23.8 Å². The number of carbonyl (C=O) groups is 2. The van der Waals surface area contributed by atoms with Crippen molar-refractivity contribution >= 4 is 11.7 Å². The molecule has 2 N–H and O–H groups in total. The molecule has 2 heterocycles. The van der Waals surface area contributed by atoms with Gasteiger partial charge in [0, 0.05) is 44.7 Å². The summed E-state index contributed by atoms with van der Waals surface area (Å²) in [6.45, 7) is 8.58. The summed E-state index contributed by atoms with van der Waals surface area (Å²) < 4.78 is 10.6. The number of hydrogen-bond acceptors (Lipinski definition) is 7. The number of nitrogens with one attached hydrogen (secondary N) is 2. The van der Waals surface area contributed by atoms with Crippen LogP contribution in [-0.4, -0.2) is 80.3 Å². The Morgan fingerprint density at radius 1 is 1.21 bits per heavy atom. The second-order valence-electron chi connectivity index (χ2n) is 7.36. The molecule has 2 unspecified atom stereocenters. The van der Waals surface area contributed by atoms with E-state index in [-0.39, 0.29) is 30.7 Å². The Morgan fingerprint density at radius 3 is 2.68 bits per heavy atom. The first-order chi connectivity index (χ1) is 13.5. The number of ether oxygens (including phenoxy) is 2. The Hall–Kier alpha value is -2.16. The highest BCUT2D eigenvalue weighted by Gasteiger charge is 2.26. The van der Waals surface area contributed by atoms with Gasteiger partial charge < -0.3 is 25.0 Å². The molecule has 8 nitrogen and oxygen atoms in total. The largest absolute Gasteiger partial charge is 0.454 e. The molecule has 2 atom stereocenters. The van der Waals surface area contributed by atoms with Crippen molar-refractivity contribution in [1.82, 2.24) is 20.4 Å². The Bertz CT molecular complexity index is 705. The van der Waals surface area contributed by atoms with Crippen LogP contribution in [0.4, 0.5) is 0 Å². The average molecular weight is 390 g/mol. The molecule has 1 aromatic rings. The molecule has 3 rings (SSSR count). The molecule has 1 amide bonds. The van der Waals surface area contributed by atoms with Crippen molar-refractivity contribution in [3.63, 3.8) is 0 Å². The van der Waals surface area contributed by atoms with E-state index in [0.29, 0.717) is 23.5 Å². The molecule has 1 aromatic carbocycles. The molecular formula is C20H30N4O4. The molecule has 0 radical (unpaired) electrons. The van der Waals surface area contributed by atoms with Crippen molar-refractivity contribution in [3.8, 4) is 11.5 Å². The van der Waals surface area contributed by atoms with Crippen molar-refractivity contribution in [2.75, 3.05) is 46.6 Å². The van der Waals surface area contributed by atoms with Gasteiger partial charge in [0.15, 0.2) is 17.3 Å². The van der Waals surface area contributed by atoms with Crippen LogP contribution in [0.25, 0.3) is 0 Å². The van der Waals surface area contributed by atoms with Crippen molar-refractivity contribution in [1.29, 1.82) is 0 Å². The third kappa shape index (κ3) is 5.01. The molecule has 2 aliphatic heterocycles. The lowest BCUT2D eigenvalue weighted by Gasteiger charge is -2.31. The van der Waals surface area contributed by atoms with Crippen LogP contribution >= 0.6 is 0 Å². The maximum absolute atomic E-state index is 12.8. The van der Waals surface area contributed by atoms with Crippen LogP contribution in [0.1, 0.15) is 30.6 Å². The fourth-order valence-electron chi connectivity index (χ4n) is 3.41. The first-order valence-electron chi connectivity index (χ1n) is 9.84. The summed E-state index contributed by atoms with van der Waals surface area (Å²) in [6.07, 6.45) is 0.214. The minimum absolute atomic E-state index is 0.000566. The number of fused-ring (bicyclic) bond motifs is 1. The van der Waals surface area contributed by atoms with Crippen LogP contribution in [0.5, 0.6) is 11.5 Å². The topological polar surface area (TPSA) is 83.1 Å². The van der Waals surface area contributed by atoms with E-state index >= 15 is 0 Å². The lowest BCUT2D eigenvalue weighted by molar-refractivity contribution is -0.123. The molecule has 0 saturated carbocycles. The highest BCUT2D eigenvalue weighted by molar-refractivity contribution is 6.00. The van der Waals surface area contributed by atoms with Gasteiger partial charge >= 0.3 is 0 Å². The van der Waals surface area contributed by atoms with Gasteiger partial charge in [-0.05, 0) is 39.1 Å². The lowest BCUT2D eigenvalue weighted by atomic mass is 10.0. The van der Waals surface area contributed by atoms with E-state index in [1.807, 2.05) is 25.8 Å². The van der Waals surface area contributed by atoms with E-state index in [4.69, 9.17) is 9.47 Å². The molecule has 2 aliphatic rings. The Kier molecular flexibility index (Phi) is 6.88. The zero-order chi connectivity index (χ0) is 20.1. The maximum atomic E-state index is 12.8. The number of amides is 1. The number of ketones is 1. The highest BCUT2D eigenvalue weighted by Crippen LogP contribution is 2.33. The maximum Gasteiger partial charge on any atom is 0.231 e. The average Bonchev–Trinajstić information content (AvgIpc) is 3.19. The van der Waals surface area contributed by atoms with Crippen molar-refractivity contribution < 1.29 is 19.1 Å². The van der Waals surface area contributed by atoms with Gasteiger partial charge in [-0.25, -0.2) is 0 Å². The van der Waals surface area contributed by atoms with Crippen LogP contribution in [-0.2, 0) is 4.79 Å². The van der Waals surface area contributed by atoms with E-state index in [1.54, 1.807) is 18.2 Å². The number of Topliss-reactive ketones (excluding diaryl/α,β-unsaturated/α-hetero) is 1. The van der Waals surface area contributed by atoms with Gasteiger partial charge in [-0.2, -0.15) is 0 Å². The number of rotatable bonds is 8. The molecule has 0 aromatic heterocycles. The summed E-state index contributed by atoms with van der Waals surface area (Å²) >= 11 is 0. The normalized spacial score (nSPS) is 18.7. The molecule has 1 saturated heterocycles. The fourth-order valence-corrected chi connectivity index (χ4v) is 3.41. The molecule has 28 heavy (non-hydrogen) atoms. The summed E-state index contributed by atoms with van der Waals surface area (Å²) in [5.74, 6) is 1.22. The minimum Gasteiger partial charge on any atom is -0.454 e. The third-order valence-corrected chi connectivity index (χ3v) is 5.49. The molecule has 0 spiro atoms. The molecule has 0 aliphatic carbocycles. The van der Waals surface area contributed by atoms with Gasteiger partial charge in [0.2, 0.25) is 12.7 Å². The third-order valence-electron chi connectivity index (χ3n) is 5.49. The predicted molar refractivity (Wildman–Crippen MR) is 106 cm³/mol. The summed E-state index contributed by atoms with van der Waals surface area (Å²) in [5.41, 5.74) is 0.570. The van der Waals surface area contributed by atoms with E-state index in [1.165, 1.54) is 0 Å². The molecule has 154 valence electrons. The molecule has 1 fully saturated rings. The summed E-state index contributed by atoms with van der Waals surface area (Å²) in [6, 6.07) is 4.83. The van der Waals surface area contributed by atoms with Gasteiger partial charge in [0.05, 0.1) is 12.2 Å². The molecule has 0 bridgehead atoms. The number of benzene rings is 1.